The van der Waals surface area contributed by atoms with Gasteiger partial charge in [-0.1, -0.05) is 12.1 Å². The van der Waals surface area contributed by atoms with Crippen LogP contribution in [0.2, 0.25) is 0 Å². The molecule has 0 aliphatic carbocycles. The largest absolute Gasteiger partial charge is 0.497 e. The summed E-state index contributed by atoms with van der Waals surface area (Å²) in [4.78, 5) is 2.37. The number of rotatable bonds is 3. The summed E-state index contributed by atoms with van der Waals surface area (Å²) in [6.45, 7) is 2.40. The summed E-state index contributed by atoms with van der Waals surface area (Å²) in [6, 6.07) is 8.13. The second-order valence-electron chi connectivity index (χ2n) is 3.83. The maximum absolute atomic E-state index is 5.11. The molecule has 1 aromatic carbocycles. The van der Waals surface area contributed by atoms with Crippen LogP contribution in [-0.2, 0) is 0 Å². The molecule has 0 unspecified atom stereocenters. The first-order chi connectivity index (χ1) is 7.38. The summed E-state index contributed by atoms with van der Waals surface area (Å²) >= 11 is 0. The van der Waals surface area contributed by atoms with Crippen LogP contribution >= 0.6 is 0 Å². The summed E-state index contributed by atoms with van der Waals surface area (Å²) in [5.74, 6) is 0.910. The van der Waals surface area contributed by atoms with E-state index in [1.54, 1.807) is 7.11 Å². The molecule has 0 N–H and O–H groups in total. The van der Waals surface area contributed by atoms with Crippen LogP contribution in [0.1, 0.15) is 18.4 Å². The van der Waals surface area contributed by atoms with E-state index in [2.05, 4.69) is 29.3 Å². The molecule has 1 aliphatic rings. The van der Waals surface area contributed by atoms with E-state index in [9.17, 15) is 0 Å². The van der Waals surface area contributed by atoms with Gasteiger partial charge in [0.25, 0.3) is 0 Å². The topological polar surface area (TPSA) is 12.5 Å². The molecule has 0 bridgehead atoms. The number of nitrogens with zero attached hydrogens (tertiary/aromatic N) is 1. The molecule has 0 amide bonds. The van der Waals surface area contributed by atoms with Gasteiger partial charge in [0.1, 0.15) is 5.75 Å². The predicted molar refractivity (Wildman–Crippen MR) is 62.8 cm³/mol. The van der Waals surface area contributed by atoms with Crippen LogP contribution in [0, 0.1) is 0 Å². The van der Waals surface area contributed by atoms with Gasteiger partial charge in [0.05, 0.1) is 7.11 Å². The molecular weight excluding hydrogens is 186 g/mol. The van der Waals surface area contributed by atoms with Crippen molar-refractivity contribution in [3.63, 3.8) is 0 Å². The highest BCUT2D eigenvalue weighted by molar-refractivity contribution is 5.50. The fourth-order valence-corrected chi connectivity index (χ4v) is 1.80. The zero-order chi connectivity index (χ0) is 10.5. The van der Waals surface area contributed by atoms with Crippen molar-refractivity contribution in [1.82, 2.24) is 4.90 Å². The molecule has 2 rings (SSSR count). The monoisotopic (exact) mass is 203 g/mol. The molecule has 0 atom stereocenters. The van der Waals surface area contributed by atoms with Gasteiger partial charge in [0, 0.05) is 13.1 Å². The Kier molecular flexibility index (Phi) is 3.28. The molecular formula is C13H17NO. The third-order valence-corrected chi connectivity index (χ3v) is 2.73. The first kappa shape index (κ1) is 10.1. The van der Waals surface area contributed by atoms with Gasteiger partial charge in [-0.15, -0.1) is 0 Å². The van der Waals surface area contributed by atoms with Crippen LogP contribution in [0.15, 0.2) is 30.5 Å². The van der Waals surface area contributed by atoms with Crippen LogP contribution in [-0.4, -0.2) is 25.1 Å². The van der Waals surface area contributed by atoms with Crippen molar-refractivity contribution in [1.29, 1.82) is 0 Å². The molecule has 0 saturated carbocycles. The van der Waals surface area contributed by atoms with Gasteiger partial charge in [0.2, 0.25) is 0 Å². The first-order valence-electron chi connectivity index (χ1n) is 5.45. The third kappa shape index (κ3) is 2.75. The predicted octanol–water partition coefficient (Wildman–Crippen LogP) is 2.76. The molecule has 0 spiro atoms. The van der Waals surface area contributed by atoms with E-state index in [1.807, 2.05) is 12.1 Å². The fourth-order valence-electron chi connectivity index (χ4n) is 1.80. The fraction of sp³-hybridized carbons (Fsp3) is 0.385. The normalized spacial score (nSPS) is 16.2. The summed E-state index contributed by atoms with van der Waals surface area (Å²) < 4.78 is 5.11. The molecule has 80 valence electrons. The second kappa shape index (κ2) is 4.87. The van der Waals surface area contributed by atoms with Crippen molar-refractivity contribution in [3.8, 4) is 5.75 Å². The van der Waals surface area contributed by atoms with Crippen LogP contribution in [0.3, 0.4) is 0 Å². The Morgan fingerprint density at radius 2 is 1.80 bits per heavy atom. The summed E-state index contributed by atoms with van der Waals surface area (Å²) in [5.41, 5.74) is 1.22. The van der Waals surface area contributed by atoms with E-state index in [0.717, 1.165) is 5.75 Å². The quantitative estimate of drug-likeness (QED) is 0.749. The second-order valence-corrected chi connectivity index (χ2v) is 3.83. The van der Waals surface area contributed by atoms with E-state index < -0.39 is 0 Å². The SMILES string of the molecule is COc1ccc(C=CN2CCCC2)cc1. The molecule has 0 radical (unpaired) electrons. The van der Waals surface area contributed by atoms with Gasteiger partial charge in [-0.2, -0.15) is 0 Å². The molecule has 2 heteroatoms. The Bertz CT molecular complexity index is 323. The zero-order valence-electron chi connectivity index (χ0n) is 9.15. The van der Waals surface area contributed by atoms with Gasteiger partial charge in [0.15, 0.2) is 0 Å². The Balaban J connectivity index is 1.97. The van der Waals surface area contributed by atoms with Crippen molar-refractivity contribution in [2.24, 2.45) is 0 Å². The number of ether oxygens (including phenoxy) is 1. The maximum Gasteiger partial charge on any atom is 0.118 e. The molecule has 1 aliphatic heterocycles. The average molecular weight is 203 g/mol. The average Bonchev–Trinajstić information content (AvgIpc) is 2.80. The van der Waals surface area contributed by atoms with Crippen LogP contribution in [0.4, 0.5) is 0 Å². The zero-order valence-corrected chi connectivity index (χ0v) is 9.15. The minimum absolute atomic E-state index is 0.910. The molecule has 1 saturated heterocycles. The van der Waals surface area contributed by atoms with Crippen LogP contribution in [0.25, 0.3) is 6.08 Å². The number of likely N-dealkylation sites (tertiary alicyclic amines) is 1. The van der Waals surface area contributed by atoms with Gasteiger partial charge >= 0.3 is 0 Å². The lowest BCUT2D eigenvalue weighted by Gasteiger charge is -2.09. The van der Waals surface area contributed by atoms with Gasteiger partial charge in [-0.3, -0.25) is 0 Å². The van der Waals surface area contributed by atoms with E-state index in [0.29, 0.717) is 0 Å². The van der Waals surface area contributed by atoms with Crippen molar-refractivity contribution in [2.45, 2.75) is 12.8 Å². The van der Waals surface area contributed by atoms with E-state index in [4.69, 9.17) is 4.74 Å². The summed E-state index contributed by atoms with van der Waals surface area (Å²) in [5, 5.41) is 0. The molecule has 2 nitrogen and oxygen atoms in total. The lowest BCUT2D eigenvalue weighted by molar-refractivity contribution is 0.415. The van der Waals surface area contributed by atoms with E-state index in [1.165, 1.54) is 31.5 Å². The van der Waals surface area contributed by atoms with Crippen molar-refractivity contribution in [2.75, 3.05) is 20.2 Å². The highest BCUT2D eigenvalue weighted by atomic mass is 16.5. The van der Waals surface area contributed by atoms with Gasteiger partial charge in [-0.05, 0) is 42.8 Å². The van der Waals surface area contributed by atoms with Gasteiger partial charge < -0.3 is 9.64 Å². The third-order valence-electron chi connectivity index (χ3n) is 2.73. The molecule has 0 aromatic heterocycles. The maximum atomic E-state index is 5.11. The number of methoxy groups -OCH3 is 1. The smallest absolute Gasteiger partial charge is 0.118 e. The van der Waals surface area contributed by atoms with Crippen molar-refractivity contribution < 1.29 is 4.74 Å². The highest BCUT2D eigenvalue weighted by Gasteiger charge is 2.05. The van der Waals surface area contributed by atoms with Gasteiger partial charge in [-0.25, -0.2) is 0 Å². The highest BCUT2D eigenvalue weighted by Crippen LogP contribution is 2.14. The molecule has 1 aromatic rings. The number of hydrogen-bond acceptors (Lipinski definition) is 2. The Morgan fingerprint density at radius 1 is 1.13 bits per heavy atom. The van der Waals surface area contributed by atoms with Crippen LogP contribution in [0.5, 0.6) is 5.75 Å². The lowest BCUT2D eigenvalue weighted by Crippen LogP contribution is -2.09. The minimum Gasteiger partial charge on any atom is -0.497 e. The Hall–Kier alpha value is -1.44. The first-order valence-corrected chi connectivity index (χ1v) is 5.45. The number of hydrogen-bond donors (Lipinski definition) is 0. The molecule has 15 heavy (non-hydrogen) atoms. The Labute approximate surface area is 91.2 Å². The summed E-state index contributed by atoms with van der Waals surface area (Å²) in [7, 11) is 1.69. The molecule has 1 fully saturated rings. The lowest BCUT2D eigenvalue weighted by atomic mass is 10.2. The van der Waals surface area contributed by atoms with Crippen molar-refractivity contribution >= 4 is 6.08 Å². The van der Waals surface area contributed by atoms with E-state index >= 15 is 0 Å². The standard InChI is InChI=1S/C13H17NO/c1-15-13-6-4-12(5-7-13)8-11-14-9-2-3-10-14/h4-8,11H,2-3,9-10H2,1H3. The minimum atomic E-state index is 0.910. The Morgan fingerprint density at radius 3 is 2.40 bits per heavy atom. The number of benzene rings is 1. The van der Waals surface area contributed by atoms with E-state index in [-0.39, 0.29) is 0 Å². The summed E-state index contributed by atoms with van der Waals surface area (Å²) in [6.07, 6.45) is 7.00. The van der Waals surface area contributed by atoms with Crippen molar-refractivity contribution in [3.05, 3.63) is 36.0 Å². The van der Waals surface area contributed by atoms with Crippen LogP contribution < -0.4 is 4.74 Å². The molecule has 1 heterocycles.